The highest BCUT2D eigenvalue weighted by Gasteiger charge is 2.59. The standard InChI is InChI=1S/C12H19NO/c1-11(2)8-5-6-12(11,3)10(14)7-9(8)13-4/h8H,5-7H2,1-4H3/t8-,12-/m0/s1. The minimum Gasteiger partial charge on any atom is -0.299 e. The zero-order valence-electron chi connectivity index (χ0n) is 9.55. The monoisotopic (exact) mass is 193 g/mol. The number of carbonyl (C=O) groups is 1. The van der Waals surface area contributed by atoms with Crippen molar-refractivity contribution in [3.8, 4) is 0 Å². The summed E-state index contributed by atoms with van der Waals surface area (Å²) in [6, 6.07) is 0. The van der Waals surface area contributed by atoms with Crippen molar-refractivity contribution in [2.24, 2.45) is 21.7 Å². The second-order valence-electron chi connectivity index (χ2n) is 5.46. The van der Waals surface area contributed by atoms with Crippen LogP contribution in [0.1, 0.15) is 40.0 Å². The number of rotatable bonds is 0. The molecule has 0 unspecified atom stereocenters. The van der Waals surface area contributed by atoms with Crippen molar-refractivity contribution in [3.05, 3.63) is 0 Å². The van der Waals surface area contributed by atoms with Crippen molar-refractivity contribution in [1.82, 2.24) is 0 Å². The molecule has 2 bridgehead atoms. The Kier molecular flexibility index (Phi) is 1.89. The number of aliphatic imine (C=N–C) groups is 1. The molecule has 0 aromatic heterocycles. The van der Waals surface area contributed by atoms with E-state index < -0.39 is 0 Å². The minimum absolute atomic E-state index is 0.0914. The summed E-state index contributed by atoms with van der Waals surface area (Å²) < 4.78 is 0. The normalized spacial score (nSPS) is 43.3. The van der Waals surface area contributed by atoms with E-state index in [4.69, 9.17) is 0 Å². The summed E-state index contributed by atoms with van der Waals surface area (Å²) >= 11 is 0. The lowest BCUT2D eigenvalue weighted by Crippen LogP contribution is -2.48. The number of nitrogens with zero attached hydrogens (tertiary/aromatic N) is 1. The van der Waals surface area contributed by atoms with Crippen LogP contribution in [-0.4, -0.2) is 18.5 Å². The molecule has 2 rings (SSSR count). The van der Waals surface area contributed by atoms with E-state index in [0.717, 1.165) is 18.6 Å². The van der Waals surface area contributed by atoms with Gasteiger partial charge in [0.1, 0.15) is 5.78 Å². The molecule has 2 nitrogen and oxygen atoms in total. The molecule has 0 spiro atoms. The molecule has 0 amide bonds. The van der Waals surface area contributed by atoms with Gasteiger partial charge in [-0.15, -0.1) is 0 Å². The van der Waals surface area contributed by atoms with Gasteiger partial charge in [-0.25, -0.2) is 0 Å². The van der Waals surface area contributed by atoms with Crippen molar-refractivity contribution in [1.29, 1.82) is 0 Å². The maximum absolute atomic E-state index is 12.1. The quantitative estimate of drug-likeness (QED) is 0.581. The van der Waals surface area contributed by atoms with Crippen molar-refractivity contribution in [2.45, 2.75) is 40.0 Å². The van der Waals surface area contributed by atoms with E-state index in [1.807, 2.05) is 7.05 Å². The van der Waals surface area contributed by atoms with Gasteiger partial charge in [-0.05, 0) is 18.3 Å². The minimum atomic E-state index is -0.0914. The van der Waals surface area contributed by atoms with Crippen LogP contribution in [0.25, 0.3) is 0 Å². The van der Waals surface area contributed by atoms with Crippen molar-refractivity contribution >= 4 is 11.5 Å². The van der Waals surface area contributed by atoms with Crippen LogP contribution in [-0.2, 0) is 4.79 Å². The number of fused-ring (bicyclic) bond motifs is 2. The third-order valence-electron chi connectivity index (χ3n) is 4.87. The van der Waals surface area contributed by atoms with Gasteiger partial charge in [-0.3, -0.25) is 9.79 Å². The van der Waals surface area contributed by atoms with Crippen molar-refractivity contribution < 1.29 is 4.79 Å². The van der Waals surface area contributed by atoms with Crippen LogP contribution in [0.2, 0.25) is 0 Å². The predicted molar refractivity (Wildman–Crippen MR) is 57.6 cm³/mol. The van der Waals surface area contributed by atoms with Gasteiger partial charge in [0.2, 0.25) is 0 Å². The van der Waals surface area contributed by atoms with Crippen LogP contribution in [0, 0.1) is 16.7 Å². The number of carbonyl (C=O) groups excluding carboxylic acids is 1. The molecule has 0 aromatic carbocycles. The van der Waals surface area contributed by atoms with E-state index in [0.29, 0.717) is 18.1 Å². The topological polar surface area (TPSA) is 29.4 Å². The molecule has 2 fully saturated rings. The molecule has 0 radical (unpaired) electrons. The fourth-order valence-electron chi connectivity index (χ4n) is 3.30. The molecule has 0 aromatic rings. The summed E-state index contributed by atoms with van der Waals surface area (Å²) in [5, 5.41) is 0. The highest BCUT2D eigenvalue weighted by molar-refractivity contribution is 6.09. The van der Waals surface area contributed by atoms with Crippen LogP contribution >= 0.6 is 0 Å². The van der Waals surface area contributed by atoms with E-state index in [2.05, 4.69) is 25.8 Å². The zero-order chi connectivity index (χ0) is 10.6. The fourth-order valence-corrected chi connectivity index (χ4v) is 3.30. The Balaban J connectivity index is 2.51. The third-order valence-corrected chi connectivity index (χ3v) is 4.87. The second kappa shape index (κ2) is 2.68. The molecule has 0 aliphatic heterocycles. The molecule has 2 saturated carbocycles. The first kappa shape index (κ1) is 9.88. The molecule has 2 aliphatic carbocycles. The predicted octanol–water partition coefficient (Wildman–Crippen LogP) is 2.47. The van der Waals surface area contributed by atoms with Crippen molar-refractivity contribution in [2.75, 3.05) is 7.05 Å². The van der Waals surface area contributed by atoms with Gasteiger partial charge in [-0.2, -0.15) is 0 Å². The number of Topliss-reactive ketones (excluding diaryl/α,β-unsaturated/α-hetero) is 1. The van der Waals surface area contributed by atoms with Crippen LogP contribution in [0.4, 0.5) is 0 Å². The molecular formula is C12H19NO. The number of ketones is 1. The first-order chi connectivity index (χ1) is 6.43. The van der Waals surface area contributed by atoms with Crippen LogP contribution in [0.15, 0.2) is 4.99 Å². The average Bonchev–Trinajstić information content (AvgIpc) is 2.29. The average molecular weight is 193 g/mol. The summed E-state index contributed by atoms with van der Waals surface area (Å²) in [5.41, 5.74) is 1.15. The summed E-state index contributed by atoms with van der Waals surface area (Å²) in [6.07, 6.45) is 2.78. The lowest BCUT2D eigenvalue weighted by molar-refractivity contribution is -0.133. The SMILES string of the molecule is CN=C1CC(=O)[C@]2(C)CC[C@@H]1C2(C)C. The molecule has 2 atom stereocenters. The van der Waals surface area contributed by atoms with Gasteiger partial charge in [0, 0.05) is 30.5 Å². The fraction of sp³-hybridized carbons (Fsp3) is 0.833. The summed E-state index contributed by atoms with van der Waals surface area (Å²) in [6.45, 7) is 6.60. The van der Waals surface area contributed by atoms with Gasteiger partial charge in [0.15, 0.2) is 0 Å². The number of hydrogen-bond acceptors (Lipinski definition) is 2. The molecule has 0 saturated heterocycles. The van der Waals surface area contributed by atoms with E-state index >= 15 is 0 Å². The van der Waals surface area contributed by atoms with Crippen LogP contribution < -0.4 is 0 Å². The van der Waals surface area contributed by atoms with E-state index in [1.54, 1.807) is 0 Å². The highest BCUT2D eigenvalue weighted by atomic mass is 16.1. The maximum atomic E-state index is 12.1. The third kappa shape index (κ3) is 0.918. The molecule has 2 aliphatic rings. The summed E-state index contributed by atoms with van der Waals surface area (Å²) in [5.74, 6) is 0.937. The van der Waals surface area contributed by atoms with E-state index in [-0.39, 0.29) is 10.8 Å². The van der Waals surface area contributed by atoms with E-state index in [1.165, 1.54) is 0 Å². The first-order valence-corrected chi connectivity index (χ1v) is 5.42. The Morgan fingerprint density at radius 1 is 1.36 bits per heavy atom. The molecular weight excluding hydrogens is 174 g/mol. The second-order valence-corrected chi connectivity index (χ2v) is 5.46. The Morgan fingerprint density at radius 3 is 2.57 bits per heavy atom. The smallest absolute Gasteiger partial charge is 0.144 e. The van der Waals surface area contributed by atoms with Gasteiger partial charge in [0.25, 0.3) is 0 Å². The van der Waals surface area contributed by atoms with Gasteiger partial charge in [0.05, 0.1) is 0 Å². The number of hydrogen-bond donors (Lipinski definition) is 0. The van der Waals surface area contributed by atoms with Crippen molar-refractivity contribution in [3.63, 3.8) is 0 Å². The Morgan fingerprint density at radius 2 is 2.00 bits per heavy atom. The summed E-state index contributed by atoms with van der Waals surface area (Å²) in [4.78, 5) is 16.4. The Hall–Kier alpha value is -0.660. The molecule has 0 heterocycles. The Bertz CT molecular complexity index is 316. The van der Waals surface area contributed by atoms with Crippen LogP contribution in [0.3, 0.4) is 0 Å². The van der Waals surface area contributed by atoms with E-state index in [9.17, 15) is 4.79 Å². The summed E-state index contributed by atoms with van der Waals surface area (Å²) in [7, 11) is 1.82. The lowest BCUT2D eigenvalue weighted by Gasteiger charge is -2.45. The zero-order valence-corrected chi connectivity index (χ0v) is 9.55. The highest BCUT2D eigenvalue weighted by Crippen LogP contribution is 2.60. The van der Waals surface area contributed by atoms with Gasteiger partial charge >= 0.3 is 0 Å². The molecule has 0 N–H and O–H groups in total. The van der Waals surface area contributed by atoms with Crippen LogP contribution in [0.5, 0.6) is 0 Å². The molecule has 2 heteroatoms. The largest absolute Gasteiger partial charge is 0.299 e. The molecule has 14 heavy (non-hydrogen) atoms. The lowest BCUT2D eigenvalue weighted by atomic mass is 9.58. The molecule has 78 valence electrons. The van der Waals surface area contributed by atoms with Gasteiger partial charge < -0.3 is 0 Å². The maximum Gasteiger partial charge on any atom is 0.144 e. The Labute approximate surface area is 85.8 Å². The van der Waals surface area contributed by atoms with Gasteiger partial charge in [-0.1, -0.05) is 20.8 Å². The first-order valence-electron chi connectivity index (χ1n) is 5.42.